The van der Waals surface area contributed by atoms with Crippen LogP contribution in [0.3, 0.4) is 0 Å². The number of aromatic nitrogens is 2. The Morgan fingerprint density at radius 2 is 2.07 bits per heavy atom. The van der Waals surface area contributed by atoms with E-state index in [9.17, 15) is 4.79 Å². The molecule has 0 radical (unpaired) electrons. The van der Waals surface area contributed by atoms with E-state index >= 15 is 0 Å². The van der Waals surface area contributed by atoms with Crippen molar-refractivity contribution in [2.24, 2.45) is 0 Å². The van der Waals surface area contributed by atoms with Crippen molar-refractivity contribution in [1.82, 2.24) is 10.1 Å². The van der Waals surface area contributed by atoms with E-state index in [0.717, 1.165) is 35.5 Å². The van der Waals surface area contributed by atoms with Crippen molar-refractivity contribution in [3.63, 3.8) is 0 Å². The number of fused-ring (bicyclic) bond motifs is 1. The molecule has 1 aliphatic heterocycles. The minimum absolute atomic E-state index is 0.0205. The Hall–Kier alpha value is -3.15. The first kappa shape index (κ1) is 17.3. The lowest BCUT2D eigenvalue weighted by molar-refractivity contribution is 0.0990. The van der Waals surface area contributed by atoms with E-state index in [0.29, 0.717) is 24.5 Å². The van der Waals surface area contributed by atoms with Gasteiger partial charge in [-0.2, -0.15) is 0 Å². The quantitative estimate of drug-likeness (QED) is 0.752. The number of anilines is 2. The molecule has 0 spiro atoms. The van der Waals surface area contributed by atoms with Gasteiger partial charge in [0.1, 0.15) is 11.6 Å². The molecule has 2 aromatic heterocycles. The molecule has 0 fully saturated rings. The third-order valence-electron chi connectivity index (χ3n) is 5.02. The molecule has 3 heterocycles. The zero-order chi connectivity index (χ0) is 18.8. The number of carbonyl (C=O) groups is 1. The smallest absolute Gasteiger partial charge is 0.262 e. The van der Waals surface area contributed by atoms with E-state index in [-0.39, 0.29) is 5.91 Å². The van der Waals surface area contributed by atoms with Crippen LogP contribution in [0, 0.1) is 13.8 Å². The largest absolute Gasteiger partial charge is 0.369 e. The molecule has 4 rings (SSSR count). The lowest BCUT2D eigenvalue weighted by Crippen LogP contribution is -2.30. The van der Waals surface area contributed by atoms with Gasteiger partial charge in [-0.05, 0) is 50.5 Å². The number of aryl methyl sites for hydroxylation is 2. The summed E-state index contributed by atoms with van der Waals surface area (Å²) in [5.41, 5.74) is 4.80. The summed E-state index contributed by atoms with van der Waals surface area (Å²) in [4.78, 5) is 19.4. The van der Waals surface area contributed by atoms with Gasteiger partial charge in [-0.15, -0.1) is 0 Å². The topological polar surface area (TPSA) is 71.3 Å². The second-order valence-corrected chi connectivity index (χ2v) is 6.71. The highest BCUT2D eigenvalue weighted by atomic mass is 16.5. The summed E-state index contributed by atoms with van der Waals surface area (Å²) in [5.74, 6) is 1.42. The molecule has 0 unspecified atom stereocenters. The zero-order valence-electron chi connectivity index (χ0n) is 15.5. The summed E-state index contributed by atoms with van der Waals surface area (Å²) in [5, 5.41) is 7.29. The van der Waals surface area contributed by atoms with Crippen molar-refractivity contribution in [2.75, 3.05) is 23.3 Å². The number of carbonyl (C=O) groups excluding carboxylic acids is 1. The van der Waals surface area contributed by atoms with Gasteiger partial charge in [0.25, 0.3) is 5.91 Å². The third kappa shape index (κ3) is 3.30. The monoisotopic (exact) mass is 362 g/mol. The highest BCUT2D eigenvalue weighted by Crippen LogP contribution is 2.29. The summed E-state index contributed by atoms with van der Waals surface area (Å²) in [7, 11) is 0. The molecule has 6 heteroatoms. The number of benzene rings is 1. The fraction of sp³-hybridized carbons (Fsp3) is 0.286. The highest BCUT2D eigenvalue weighted by molar-refractivity contribution is 6.10. The molecular formula is C21H22N4O2. The van der Waals surface area contributed by atoms with Gasteiger partial charge in [-0.3, -0.25) is 4.79 Å². The van der Waals surface area contributed by atoms with Gasteiger partial charge >= 0.3 is 0 Å². The Balaban J connectivity index is 1.51. The molecule has 3 aromatic rings. The number of rotatable bonds is 5. The maximum absolute atomic E-state index is 13.2. The first-order valence-electron chi connectivity index (χ1n) is 9.15. The SMILES string of the molecule is Cc1noc(C)c1CCNc1ncccc1C(=O)N1CCc2ccccc21. The van der Waals surface area contributed by atoms with Gasteiger partial charge in [-0.25, -0.2) is 4.98 Å². The Bertz CT molecular complexity index is 960. The molecule has 1 aliphatic rings. The molecule has 0 saturated carbocycles. The van der Waals surface area contributed by atoms with Crippen LogP contribution in [-0.4, -0.2) is 29.1 Å². The van der Waals surface area contributed by atoms with Crippen LogP contribution >= 0.6 is 0 Å². The van der Waals surface area contributed by atoms with E-state index in [1.165, 1.54) is 5.56 Å². The van der Waals surface area contributed by atoms with Gasteiger partial charge in [0.15, 0.2) is 0 Å². The van der Waals surface area contributed by atoms with Crippen molar-refractivity contribution in [3.05, 3.63) is 70.7 Å². The number of hydrogen-bond donors (Lipinski definition) is 1. The van der Waals surface area contributed by atoms with Gasteiger partial charge < -0.3 is 14.7 Å². The van der Waals surface area contributed by atoms with Crippen LogP contribution in [0.15, 0.2) is 47.1 Å². The summed E-state index contributed by atoms with van der Waals surface area (Å²) >= 11 is 0. The molecule has 138 valence electrons. The Kier molecular flexibility index (Phi) is 4.62. The Morgan fingerprint density at radius 1 is 1.22 bits per heavy atom. The van der Waals surface area contributed by atoms with E-state index in [1.807, 2.05) is 43.0 Å². The van der Waals surface area contributed by atoms with E-state index < -0.39 is 0 Å². The normalized spacial score (nSPS) is 12.9. The first-order chi connectivity index (χ1) is 13.1. The fourth-order valence-electron chi connectivity index (χ4n) is 3.58. The van der Waals surface area contributed by atoms with Crippen molar-refractivity contribution in [1.29, 1.82) is 0 Å². The summed E-state index contributed by atoms with van der Waals surface area (Å²) in [6.45, 7) is 5.20. The Labute approximate surface area is 158 Å². The summed E-state index contributed by atoms with van der Waals surface area (Å²) < 4.78 is 5.21. The number of amides is 1. The Morgan fingerprint density at radius 3 is 2.89 bits per heavy atom. The van der Waals surface area contributed by atoms with Crippen LogP contribution in [0.5, 0.6) is 0 Å². The summed E-state index contributed by atoms with van der Waals surface area (Å²) in [6, 6.07) is 11.7. The molecule has 6 nitrogen and oxygen atoms in total. The maximum Gasteiger partial charge on any atom is 0.262 e. The molecule has 0 atom stereocenters. The van der Waals surface area contributed by atoms with E-state index in [1.54, 1.807) is 12.3 Å². The van der Waals surface area contributed by atoms with Crippen molar-refractivity contribution >= 4 is 17.4 Å². The van der Waals surface area contributed by atoms with Crippen LogP contribution in [0.1, 0.15) is 32.9 Å². The van der Waals surface area contributed by atoms with Crippen molar-refractivity contribution in [2.45, 2.75) is 26.7 Å². The van der Waals surface area contributed by atoms with Gasteiger partial charge in [-0.1, -0.05) is 23.4 Å². The van der Waals surface area contributed by atoms with Crippen molar-refractivity contribution in [3.8, 4) is 0 Å². The average Bonchev–Trinajstić information content (AvgIpc) is 3.26. The second-order valence-electron chi connectivity index (χ2n) is 6.71. The average molecular weight is 362 g/mol. The number of para-hydroxylation sites is 1. The van der Waals surface area contributed by atoms with Gasteiger partial charge in [0.05, 0.1) is 11.3 Å². The fourth-order valence-corrected chi connectivity index (χ4v) is 3.58. The molecule has 0 aliphatic carbocycles. The van der Waals surface area contributed by atoms with E-state index in [2.05, 4.69) is 21.5 Å². The molecular weight excluding hydrogens is 340 g/mol. The van der Waals surface area contributed by atoms with E-state index in [4.69, 9.17) is 4.52 Å². The molecule has 1 amide bonds. The molecule has 27 heavy (non-hydrogen) atoms. The first-order valence-corrected chi connectivity index (χ1v) is 9.15. The van der Waals surface area contributed by atoms with Crippen LogP contribution in [0.4, 0.5) is 11.5 Å². The minimum Gasteiger partial charge on any atom is -0.369 e. The molecule has 1 aromatic carbocycles. The third-order valence-corrected chi connectivity index (χ3v) is 5.02. The molecule has 0 saturated heterocycles. The van der Waals surface area contributed by atoms with Crippen molar-refractivity contribution < 1.29 is 9.32 Å². The zero-order valence-corrected chi connectivity index (χ0v) is 15.5. The molecule has 0 bridgehead atoms. The summed E-state index contributed by atoms with van der Waals surface area (Å²) in [6.07, 6.45) is 3.35. The number of nitrogens with zero attached hydrogens (tertiary/aromatic N) is 3. The maximum atomic E-state index is 13.2. The van der Waals surface area contributed by atoms with Crippen LogP contribution < -0.4 is 10.2 Å². The standard InChI is InChI=1S/C21H22N4O2/c1-14-17(15(2)27-24-14)9-12-23-20-18(7-5-11-22-20)21(26)25-13-10-16-6-3-4-8-19(16)25/h3-8,11H,9-10,12-13H2,1-2H3,(H,22,23). The molecule has 1 N–H and O–H groups in total. The van der Waals surface area contributed by atoms with Crippen LogP contribution in [0.25, 0.3) is 0 Å². The lowest BCUT2D eigenvalue weighted by atomic mass is 10.1. The second kappa shape index (κ2) is 7.23. The number of nitrogens with one attached hydrogen (secondary N) is 1. The van der Waals surface area contributed by atoms with Gasteiger partial charge in [0.2, 0.25) is 0 Å². The predicted molar refractivity (Wildman–Crippen MR) is 104 cm³/mol. The highest BCUT2D eigenvalue weighted by Gasteiger charge is 2.27. The lowest BCUT2D eigenvalue weighted by Gasteiger charge is -2.19. The van der Waals surface area contributed by atoms with Gasteiger partial charge in [0, 0.05) is 30.5 Å². The minimum atomic E-state index is -0.0205. The van der Waals surface area contributed by atoms with Crippen LogP contribution in [-0.2, 0) is 12.8 Å². The van der Waals surface area contributed by atoms with Crippen LogP contribution in [0.2, 0.25) is 0 Å². The number of hydrogen-bond acceptors (Lipinski definition) is 5. The number of pyridine rings is 1. The predicted octanol–water partition coefficient (Wildman–Crippen LogP) is 3.54.